The lowest BCUT2D eigenvalue weighted by Gasteiger charge is -2.20. The van der Waals surface area contributed by atoms with Gasteiger partial charge in [-0.2, -0.15) is 0 Å². The highest BCUT2D eigenvalue weighted by Crippen LogP contribution is 2.18. The number of ether oxygens (including phenoxy) is 2. The Labute approximate surface area is 159 Å². The smallest absolute Gasteiger partial charge is 0.114 e. The molecule has 0 radical (unpaired) electrons. The molecule has 0 spiro atoms. The van der Waals surface area contributed by atoms with Gasteiger partial charge in [0.15, 0.2) is 0 Å². The first-order chi connectivity index (χ1) is 12.7. The minimum Gasteiger partial charge on any atom is -0.388 e. The maximum atomic E-state index is 9.91. The molecule has 0 aromatic carbocycles. The van der Waals surface area contributed by atoms with Crippen molar-refractivity contribution in [2.24, 2.45) is 0 Å². The molecule has 5 heteroatoms. The summed E-state index contributed by atoms with van der Waals surface area (Å²) >= 11 is 0. The molecular weight excluding hydrogens is 332 g/mol. The Kier molecular flexibility index (Phi) is 14.1. The summed E-state index contributed by atoms with van der Waals surface area (Å²) in [6, 6.07) is 0. The molecule has 0 bridgehead atoms. The van der Waals surface area contributed by atoms with Crippen molar-refractivity contribution in [2.75, 3.05) is 19.8 Å². The molecular formula is C21H40O5. The lowest BCUT2D eigenvalue weighted by Crippen LogP contribution is -2.40. The molecule has 1 saturated heterocycles. The highest BCUT2D eigenvalue weighted by atomic mass is 16.5. The van der Waals surface area contributed by atoms with Crippen LogP contribution in [0.25, 0.3) is 0 Å². The second-order valence-corrected chi connectivity index (χ2v) is 7.38. The van der Waals surface area contributed by atoms with Gasteiger partial charge in [-0.1, -0.05) is 57.6 Å². The van der Waals surface area contributed by atoms with Gasteiger partial charge in [-0.15, -0.1) is 0 Å². The largest absolute Gasteiger partial charge is 0.388 e. The number of rotatable bonds is 16. The predicted molar refractivity (Wildman–Crippen MR) is 104 cm³/mol. The van der Waals surface area contributed by atoms with Crippen LogP contribution in [-0.4, -0.2) is 59.6 Å². The van der Waals surface area contributed by atoms with Crippen LogP contribution in [0.3, 0.4) is 0 Å². The molecule has 1 heterocycles. The summed E-state index contributed by atoms with van der Waals surface area (Å²) < 4.78 is 10.6. The molecule has 154 valence electrons. The molecule has 5 nitrogen and oxygen atoms in total. The van der Waals surface area contributed by atoms with E-state index in [0.29, 0.717) is 6.61 Å². The molecule has 0 unspecified atom stereocenters. The van der Waals surface area contributed by atoms with Gasteiger partial charge < -0.3 is 24.8 Å². The Morgan fingerprint density at radius 3 is 2.19 bits per heavy atom. The zero-order valence-corrected chi connectivity index (χ0v) is 16.5. The summed E-state index contributed by atoms with van der Waals surface area (Å²) in [7, 11) is 0. The van der Waals surface area contributed by atoms with Crippen LogP contribution in [-0.2, 0) is 9.47 Å². The second-order valence-electron chi connectivity index (χ2n) is 7.38. The summed E-state index contributed by atoms with van der Waals surface area (Å²) in [5.41, 5.74) is 0. The number of hydrogen-bond acceptors (Lipinski definition) is 5. The van der Waals surface area contributed by atoms with E-state index in [1.165, 1.54) is 57.8 Å². The molecule has 4 atom stereocenters. The van der Waals surface area contributed by atoms with Crippen LogP contribution in [0.1, 0.15) is 77.6 Å². The number of aliphatic hydroxyl groups is 3. The van der Waals surface area contributed by atoms with Crippen LogP contribution >= 0.6 is 0 Å². The fraction of sp³-hybridized carbons (Fsp3) is 0.905. The first kappa shape index (κ1) is 23.6. The first-order valence-corrected chi connectivity index (χ1v) is 10.5. The van der Waals surface area contributed by atoms with Gasteiger partial charge in [0.1, 0.15) is 24.4 Å². The Bertz CT molecular complexity index is 347. The molecule has 0 aromatic heterocycles. The number of unbranched alkanes of at least 4 members (excludes halogenated alkanes) is 9. The molecule has 0 amide bonds. The van der Waals surface area contributed by atoms with E-state index in [4.69, 9.17) is 9.47 Å². The van der Waals surface area contributed by atoms with Crippen molar-refractivity contribution < 1.29 is 24.8 Å². The van der Waals surface area contributed by atoms with Crippen molar-refractivity contribution in [3.63, 3.8) is 0 Å². The average Bonchev–Trinajstić information content (AvgIpc) is 2.97. The van der Waals surface area contributed by atoms with Crippen molar-refractivity contribution in [1.82, 2.24) is 0 Å². The van der Waals surface area contributed by atoms with Gasteiger partial charge in [-0.3, -0.25) is 0 Å². The van der Waals surface area contributed by atoms with Crippen LogP contribution in [0.4, 0.5) is 0 Å². The van der Waals surface area contributed by atoms with Crippen LogP contribution in [0.5, 0.6) is 0 Å². The highest BCUT2D eigenvalue weighted by Gasteiger charge is 2.39. The zero-order valence-electron chi connectivity index (χ0n) is 16.5. The minimum absolute atomic E-state index is 0.0664. The van der Waals surface area contributed by atoms with E-state index in [1.54, 1.807) is 0 Å². The third-order valence-corrected chi connectivity index (χ3v) is 4.91. The molecule has 1 aliphatic heterocycles. The van der Waals surface area contributed by atoms with Gasteiger partial charge in [0, 0.05) is 6.61 Å². The molecule has 1 rings (SSSR count). The van der Waals surface area contributed by atoms with E-state index >= 15 is 0 Å². The van der Waals surface area contributed by atoms with Gasteiger partial charge in [-0.25, -0.2) is 0 Å². The SMILES string of the molecule is CCCCCC/C=C/CCCCCCCOC[C@@H](O)[C@H]1OC[C@H](O)[C@H]1O. The molecule has 0 aliphatic carbocycles. The van der Waals surface area contributed by atoms with Crippen LogP contribution < -0.4 is 0 Å². The normalized spacial score (nSPS) is 24.5. The van der Waals surface area contributed by atoms with E-state index in [0.717, 1.165) is 12.8 Å². The third kappa shape index (κ3) is 10.6. The van der Waals surface area contributed by atoms with E-state index in [-0.39, 0.29) is 13.2 Å². The van der Waals surface area contributed by atoms with Crippen LogP contribution in [0.15, 0.2) is 12.2 Å². The van der Waals surface area contributed by atoms with Crippen molar-refractivity contribution in [3.05, 3.63) is 12.2 Å². The van der Waals surface area contributed by atoms with Crippen molar-refractivity contribution in [1.29, 1.82) is 0 Å². The summed E-state index contributed by atoms with van der Waals surface area (Å²) in [6.45, 7) is 3.06. The van der Waals surface area contributed by atoms with Crippen molar-refractivity contribution in [2.45, 2.75) is 102 Å². The number of allylic oxidation sites excluding steroid dienone is 2. The van der Waals surface area contributed by atoms with E-state index < -0.39 is 24.4 Å². The average molecular weight is 373 g/mol. The summed E-state index contributed by atoms with van der Waals surface area (Å²) in [6.07, 6.45) is 14.7. The highest BCUT2D eigenvalue weighted by molar-refractivity contribution is 4.87. The van der Waals surface area contributed by atoms with Gasteiger partial charge >= 0.3 is 0 Å². The molecule has 1 aliphatic rings. The topological polar surface area (TPSA) is 79.2 Å². The Hall–Kier alpha value is -0.460. The van der Waals surface area contributed by atoms with Crippen LogP contribution in [0, 0.1) is 0 Å². The Balaban J connectivity index is 1.83. The fourth-order valence-corrected chi connectivity index (χ4v) is 3.18. The molecule has 1 fully saturated rings. The lowest BCUT2D eigenvalue weighted by molar-refractivity contribution is -0.0813. The summed E-state index contributed by atoms with van der Waals surface area (Å²) in [5, 5.41) is 29.0. The molecule has 26 heavy (non-hydrogen) atoms. The van der Waals surface area contributed by atoms with Gasteiger partial charge in [-0.05, 0) is 32.1 Å². The monoisotopic (exact) mass is 372 g/mol. The minimum atomic E-state index is -1.03. The molecule has 0 aromatic rings. The van der Waals surface area contributed by atoms with Gasteiger partial charge in [0.05, 0.1) is 13.2 Å². The molecule has 3 N–H and O–H groups in total. The zero-order chi connectivity index (χ0) is 19.0. The van der Waals surface area contributed by atoms with Gasteiger partial charge in [0.25, 0.3) is 0 Å². The predicted octanol–water partition coefficient (Wildman–Crippen LogP) is 3.35. The quantitative estimate of drug-likeness (QED) is 0.286. The maximum Gasteiger partial charge on any atom is 0.114 e. The molecule has 0 saturated carbocycles. The Morgan fingerprint density at radius 1 is 0.962 bits per heavy atom. The lowest BCUT2D eigenvalue weighted by atomic mass is 10.1. The van der Waals surface area contributed by atoms with E-state index in [9.17, 15) is 15.3 Å². The maximum absolute atomic E-state index is 9.91. The standard InChI is InChI=1S/C21H40O5/c1-2-3-4-5-6-7-8-9-10-11-12-13-14-15-25-16-19(23)21-20(24)18(22)17-26-21/h7-8,18-24H,2-6,9-17H2,1H3/b8-7+/t18-,19+,20+,21+/m0/s1. The van der Waals surface area contributed by atoms with Gasteiger partial charge in [0.2, 0.25) is 0 Å². The first-order valence-electron chi connectivity index (χ1n) is 10.5. The number of aliphatic hydroxyl groups excluding tert-OH is 3. The summed E-state index contributed by atoms with van der Waals surface area (Å²) in [4.78, 5) is 0. The fourth-order valence-electron chi connectivity index (χ4n) is 3.18. The van der Waals surface area contributed by atoms with Crippen LogP contribution in [0.2, 0.25) is 0 Å². The van der Waals surface area contributed by atoms with Crippen molar-refractivity contribution >= 4 is 0 Å². The number of hydrogen-bond donors (Lipinski definition) is 3. The summed E-state index contributed by atoms with van der Waals surface area (Å²) in [5.74, 6) is 0. The second kappa shape index (κ2) is 15.6. The Morgan fingerprint density at radius 2 is 1.58 bits per heavy atom. The third-order valence-electron chi connectivity index (χ3n) is 4.91. The van der Waals surface area contributed by atoms with E-state index in [2.05, 4.69) is 19.1 Å². The van der Waals surface area contributed by atoms with Crippen molar-refractivity contribution in [3.8, 4) is 0 Å². The van der Waals surface area contributed by atoms with E-state index in [1.807, 2.05) is 0 Å².